The Morgan fingerprint density at radius 2 is 1.85 bits per heavy atom. The van der Waals surface area contributed by atoms with Crippen molar-refractivity contribution < 1.29 is 49.4 Å². The first-order valence-electron chi connectivity index (χ1n) is 11.7. The van der Waals surface area contributed by atoms with E-state index in [0.717, 1.165) is 4.31 Å². The van der Waals surface area contributed by atoms with Crippen LogP contribution in [-0.2, 0) is 26.6 Å². The van der Waals surface area contributed by atoms with Crippen LogP contribution in [-0.4, -0.2) is 87.3 Å². The number of ether oxygens (including phenoxy) is 1. The maximum atomic E-state index is 13.4. The summed E-state index contributed by atoms with van der Waals surface area (Å²) in [4.78, 5) is 24.9. The molecule has 0 bridgehead atoms. The second-order valence-corrected chi connectivity index (χ2v) is 13.8. The number of benzene rings is 1. The van der Waals surface area contributed by atoms with Gasteiger partial charge in [0, 0.05) is 36.1 Å². The van der Waals surface area contributed by atoms with Crippen LogP contribution >= 0.6 is 11.3 Å². The van der Waals surface area contributed by atoms with E-state index in [1.165, 1.54) is 19.2 Å². The summed E-state index contributed by atoms with van der Waals surface area (Å²) >= 11 is 0.698. The van der Waals surface area contributed by atoms with Crippen molar-refractivity contribution >= 4 is 43.2 Å². The van der Waals surface area contributed by atoms with E-state index in [4.69, 9.17) is 15.6 Å². The first kappa shape index (κ1) is 31.8. The Morgan fingerprint density at radius 3 is 2.40 bits per heavy atom. The Morgan fingerprint density at radius 1 is 1.20 bits per heavy atom. The number of hydrogen-bond donors (Lipinski definition) is 3. The molecule has 0 unspecified atom stereocenters. The number of nitrogens with one attached hydrogen (secondary N) is 1. The van der Waals surface area contributed by atoms with Gasteiger partial charge in [0.1, 0.15) is 9.96 Å². The minimum absolute atomic E-state index is 0.135. The molecule has 40 heavy (non-hydrogen) atoms. The minimum atomic E-state index is -5.75. The maximum Gasteiger partial charge on any atom is 0.511 e. The number of halogens is 3. The molecule has 12 nitrogen and oxygen atoms in total. The zero-order chi connectivity index (χ0) is 29.9. The molecule has 0 atom stereocenters. The summed E-state index contributed by atoms with van der Waals surface area (Å²) in [5.41, 5.74) is -0.227. The number of nitrogens with two attached hydrogens (primary N) is 1. The van der Waals surface area contributed by atoms with Crippen LogP contribution in [0.2, 0.25) is 0 Å². The lowest BCUT2D eigenvalue weighted by atomic mass is 10.1. The summed E-state index contributed by atoms with van der Waals surface area (Å²) in [6, 6.07) is 6.33. The van der Waals surface area contributed by atoms with E-state index in [-0.39, 0.29) is 47.9 Å². The Labute approximate surface area is 232 Å². The van der Waals surface area contributed by atoms with Crippen LogP contribution in [0.4, 0.5) is 13.2 Å². The topological polar surface area (TPSA) is 176 Å². The molecule has 3 rings (SSSR count). The Kier molecular flexibility index (Phi) is 9.84. The van der Waals surface area contributed by atoms with Gasteiger partial charge in [-0.15, -0.1) is 11.3 Å². The number of aliphatic hydroxyl groups excluding tert-OH is 1. The number of piperidine rings is 1. The number of carbonyl (C=O) groups is 2. The highest BCUT2D eigenvalue weighted by molar-refractivity contribution is 7.91. The number of aliphatic hydroxyl groups is 1. The average molecular weight is 629 g/mol. The highest BCUT2D eigenvalue weighted by atomic mass is 32.2. The lowest BCUT2D eigenvalue weighted by molar-refractivity contribution is -0.0510. The molecular formula is C22H27F3N4O8S3. The molecule has 1 aromatic carbocycles. The highest BCUT2D eigenvalue weighted by Gasteiger charge is 2.52. The molecule has 2 heterocycles. The number of thiophene rings is 1. The van der Waals surface area contributed by atoms with Gasteiger partial charge in [-0.2, -0.15) is 21.8 Å². The van der Waals surface area contributed by atoms with Gasteiger partial charge in [0.2, 0.25) is 0 Å². The van der Waals surface area contributed by atoms with Crippen molar-refractivity contribution in [2.75, 3.05) is 33.4 Å². The summed E-state index contributed by atoms with van der Waals surface area (Å²) < 4.78 is 95.8. The van der Waals surface area contributed by atoms with E-state index in [1.807, 2.05) is 0 Å². The van der Waals surface area contributed by atoms with Gasteiger partial charge in [0.15, 0.2) is 0 Å². The van der Waals surface area contributed by atoms with Gasteiger partial charge in [-0.05, 0) is 37.1 Å². The number of methoxy groups -OCH3 is 1. The molecule has 1 saturated heterocycles. The number of nitrogens with zero attached hydrogens (tertiary/aromatic N) is 2. The first-order valence-corrected chi connectivity index (χ1v) is 15.4. The fraction of sp³-hybridized carbons (Fsp3) is 0.455. The van der Waals surface area contributed by atoms with Crippen molar-refractivity contribution in [2.45, 2.75) is 35.1 Å². The molecule has 222 valence electrons. The van der Waals surface area contributed by atoms with Crippen LogP contribution < -0.4 is 15.8 Å². The van der Waals surface area contributed by atoms with Crippen LogP contribution in [0, 0.1) is 0 Å². The zero-order valence-electron chi connectivity index (χ0n) is 21.0. The summed E-state index contributed by atoms with van der Waals surface area (Å²) in [5, 5.41) is 11.7. The predicted octanol–water partition coefficient (Wildman–Crippen LogP) is 1.08. The summed E-state index contributed by atoms with van der Waals surface area (Å²) in [6.07, 6.45) is -0.565. The normalized spacial score (nSPS) is 15.8. The van der Waals surface area contributed by atoms with Gasteiger partial charge in [0.05, 0.1) is 25.8 Å². The molecule has 1 aliphatic heterocycles. The Hall–Kier alpha value is -2.77. The summed E-state index contributed by atoms with van der Waals surface area (Å²) in [5.74, 6) is -1.08. The largest absolute Gasteiger partial charge is 0.511 e. The number of primary amides is 1. The first-order chi connectivity index (χ1) is 18.6. The number of amides is 2. The number of rotatable bonds is 11. The molecule has 1 aromatic heterocycles. The fourth-order valence-electron chi connectivity index (χ4n) is 4.13. The molecule has 0 spiro atoms. The Balaban J connectivity index is 1.77. The van der Waals surface area contributed by atoms with Crippen LogP contribution in [0.1, 0.15) is 38.4 Å². The van der Waals surface area contributed by atoms with Crippen LogP contribution in [0.15, 0.2) is 34.5 Å². The lowest BCUT2D eigenvalue weighted by Gasteiger charge is -2.37. The third kappa shape index (κ3) is 6.74. The number of alkyl halides is 3. The molecule has 2 aromatic rings. The Bertz CT molecular complexity index is 1450. The van der Waals surface area contributed by atoms with E-state index in [1.54, 1.807) is 18.2 Å². The van der Waals surface area contributed by atoms with Crippen LogP contribution in [0.5, 0.6) is 5.75 Å². The van der Waals surface area contributed by atoms with Gasteiger partial charge < -0.3 is 20.9 Å². The van der Waals surface area contributed by atoms with Gasteiger partial charge in [-0.1, -0.05) is 6.07 Å². The van der Waals surface area contributed by atoms with Crippen molar-refractivity contribution in [3.8, 4) is 5.75 Å². The molecular weight excluding hydrogens is 601 g/mol. The quantitative estimate of drug-likeness (QED) is 0.331. The standard InChI is InChI=1S/C22H27F3N4O8S3/c1-37-16-4-2-3-14(11-16)20(32)27-13-17-12-18(19(26)31)21(38-17)39(33,34)28-7-5-15(6-8-28)29(9-10-30)40(35,36)22(23,24)25/h2-4,11-12,15,30H,5-10,13H2,1H3,(H2,26,31)(H,27,32). The van der Waals surface area contributed by atoms with E-state index < -0.39 is 60.8 Å². The van der Waals surface area contributed by atoms with Crippen LogP contribution in [0.25, 0.3) is 0 Å². The molecule has 1 fully saturated rings. The third-order valence-corrected chi connectivity index (χ3v) is 11.3. The van der Waals surface area contributed by atoms with E-state index in [0.29, 0.717) is 22.0 Å². The van der Waals surface area contributed by atoms with Gasteiger partial charge >= 0.3 is 15.5 Å². The van der Waals surface area contributed by atoms with Crippen molar-refractivity contribution in [3.63, 3.8) is 0 Å². The highest BCUT2D eigenvalue weighted by Crippen LogP contribution is 2.34. The molecule has 1 aliphatic rings. The maximum absolute atomic E-state index is 13.4. The smallest absolute Gasteiger partial charge is 0.497 e. The van der Waals surface area contributed by atoms with Crippen molar-refractivity contribution in [1.29, 1.82) is 0 Å². The third-order valence-electron chi connectivity index (χ3n) is 6.10. The molecule has 4 N–H and O–H groups in total. The molecule has 18 heteroatoms. The molecule has 0 saturated carbocycles. The fourth-order valence-corrected chi connectivity index (χ4v) is 8.57. The predicted molar refractivity (Wildman–Crippen MR) is 138 cm³/mol. The van der Waals surface area contributed by atoms with E-state index in [2.05, 4.69) is 5.32 Å². The SMILES string of the molecule is COc1cccc(C(=O)NCc2cc(C(N)=O)c(S(=O)(=O)N3CCC(N(CCO)S(=O)(=O)C(F)(F)F)CC3)s2)c1. The van der Waals surface area contributed by atoms with Crippen LogP contribution in [0.3, 0.4) is 0 Å². The molecule has 0 aliphatic carbocycles. The average Bonchev–Trinajstić information content (AvgIpc) is 3.35. The second kappa shape index (κ2) is 12.4. The minimum Gasteiger partial charge on any atom is -0.497 e. The van der Waals surface area contributed by atoms with Gasteiger partial charge in [0.25, 0.3) is 21.8 Å². The van der Waals surface area contributed by atoms with Crippen molar-refractivity contribution in [1.82, 2.24) is 13.9 Å². The number of carbonyl (C=O) groups excluding carboxylic acids is 2. The number of hydrogen-bond acceptors (Lipinski definition) is 9. The lowest BCUT2D eigenvalue weighted by Crippen LogP contribution is -2.52. The van der Waals surface area contributed by atoms with Gasteiger partial charge in [-0.25, -0.2) is 16.8 Å². The zero-order valence-corrected chi connectivity index (χ0v) is 23.5. The van der Waals surface area contributed by atoms with E-state index in [9.17, 15) is 39.6 Å². The van der Waals surface area contributed by atoms with Gasteiger partial charge in [-0.3, -0.25) is 9.59 Å². The number of sulfonamides is 2. The van der Waals surface area contributed by atoms with E-state index >= 15 is 0 Å². The van der Waals surface area contributed by atoms with Crippen molar-refractivity contribution in [3.05, 3.63) is 46.3 Å². The summed E-state index contributed by atoms with van der Waals surface area (Å²) in [6.45, 7) is -2.49. The van der Waals surface area contributed by atoms with Crippen molar-refractivity contribution in [2.24, 2.45) is 5.73 Å². The molecule has 2 amide bonds. The summed E-state index contributed by atoms with van der Waals surface area (Å²) in [7, 11) is -8.67. The second-order valence-electron chi connectivity index (χ2n) is 8.61. The monoisotopic (exact) mass is 628 g/mol. The molecule has 0 radical (unpaired) electrons.